The van der Waals surface area contributed by atoms with Crippen molar-refractivity contribution in [2.24, 2.45) is 5.73 Å². The zero-order valence-electron chi connectivity index (χ0n) is 5.29. The molecule has 0 aliphatic carbocycles. The second kappa shape index (κ2) is 5.97. The first-order valence-corrected chi connectivity index (χ1v) is 2.86. The smallest absolute Gasteiger partial charge is 0.0698 e. The molecule has 0 aliphatic rings. The Morgan fingerprint density at radius 2 is 2.11 bits per heavy atom. The molecular weight excluding hydrogens is 122 g/mol. The maximum absolute atomic E-state index is 8.37. The van der Waals surface area contributed by atoms with Crippen LogP contribution in [-0.4, -0.2) is 42.7 Å². The highest BCUT2D eigenvalue weighted by Gasteiger charge is 1.97. The molecule has 9 heavy (non-hydrogen) atoms. The van der Waals surface area contributed by atoms with Crippen molar-refractivity contribution in [2.45, 2.75) is 6.04 Å². The van der Waals surface area contributed by atoms with Gasteiger partial charge in [0.2, 0.25) is 0 Å². The molecule has 0 unspecified atom stereocenters. The Labute approximate surface area is 54.2 Å². The predicted molar refractivity (Wildman–Crippen MR) is 33.0 cm³/mol. The van der Waals surface area contributed by atoms with Crippen LogP contribution in [0.2, 0.25) is 0 Å². The molecule has 0 spiro atoms. The molecule has 0 heterocycles. The minimum absolute atomic E-state index is 0.00184. The molecule has 0 bridgehead atoms. The maximum atomic E-state index is 8.37. The van der Waals surface area contributed by atoms with Gasteiger partial charge < -0.3 is 20.7 Å². The summed E-state index contributed by atoms with van der Waals surface area (Å²) in [6.07, 6.45) is 0. The van der Waals surface area contributed by atoms with Gasteiger partial charge in [0.25, 0.3) is 0 Å². The van der Waals surface area contributed by atoms with E-state index in [2.05, 4.69) is 0 Å². The van der Waals surface area contributed by atoms with Crippen LogP contribution in [-0.2, 0) is 4.74 Å². The highest BCUT2D eigenvalue weighted by Crippen LogP contribution is 1.78. The molecule has 1 atom stereocenters. The fourth-order valence-electron chi connectivity index (χ4n) is 0.352. The van der Waals surface area contributed by atoms with Gasteiger partial charge in [0.1, 0.15) is 0 Å². The van der Waals surface area contributed by atoms with E-state index in [-0.39, 0.29) is 25.9 Å². The Morgan fingerprint density at radius 1 is 1.44 bits per heavy atom. The summed E-state index contributed by atoms with van der Waals surface area (Å²) in [6.45, 7) is 0.508. The minimum Gasteiger partial charge on any atom is -0.395 e. The van der Waals surface area contributed by atoms with Gasteiger partial charge in [-0.25, -0.2) is 0 Å². The van der Waals surface area contributed by atoms with Gasteiger partial charge in [-0.15, -0.1) is 0 Å². The number of hydrogen-bond acceptors (Lipinski definition) is 4. The monoisotopic (exact) mass is 135 g/mol. The average Bonchev–Trinajstić information content (AvgIpc) is 1.89. The average molecular weight is 135 g/mol. The Bertz CT molecular complexity index is 60.2. The number of rotatable bonds is 5. The van der Waals surface area contributed by atoms with Crippen LogP contribution in [0.3, 0.4) is 0 Å². The van der Waals surface area contributed by atoms with Crippen LogP contribution >= 0.6 is 0 Å². The van der Waals surface area contributed by atoms with Gasteiger partial charge in [0, 0.05) is 0 Å². The summed E-state index contributed by atoms with van der Waals surface area (Å²) in [6, 6.07) is -0.323. The number of aliphatic hydroxyl groups is 2. The molecule has 0 aliphatic heterocycles. The lowest BCUT2D eigenvalue weighted by atomic mass is 10.4. The van der Waals surface area contributed by atoms with E-state index in [0.29, 0.717) is 6.61 Å². The third-order valence-electron chi connectivity index (χ3n) is 0.802. The molecule has 4 nitrogen and oxygen atoms in total. The fraction of sp³-hybridized carbons (Fsp3) is 1.00. The number of hydrogen-bond donors (Lipinski definition) is 3. The van der Waals surface area contributed by atoms with Crippen molar-refractivity contribution >= 4 is 0 Å². The highest BCUT2D eigenvalue weighted by atomic mass is 16.5. The van der Waals surface area contributed by atoms with E-state index in [0.717, 1.165) is 0 Å². The van der Waals surface area contributed by atoms with Gasteiger partial charge in [-0.1, -0.05) is 0 Å². The van der Waals surface area contributed by atoms with E-state index in [1.165, 1.54) is 0 Å². The van der Waals surface area contributed by atoms with Crippen molar-refractivity contribution in [2.75, 3.05) is 26.4 Å². The van der Waals surface area contributed by atoms with Gasteiger partial charge in [-0.3, -0.25) is 0 Å². The molecule has 0 fully saturated rings. The summed E-state index contributed by atoms with van der Waals surface area (Å²) in [5, 5.41) is 16.6. The quantitative estimate of drug-likeness (QED) is 0.393. The fourth-order valence-corrected chi connectivity index (χ4v) is 0.352. The molecule has 0 saturated heterocycles. The van der Waals surface area contributed by atoms with Crippen molar-refractivity contribution in [3.05, 3.63) is 0 Å². The number of ether oxygens (including phenoxy) is 1. The van der Waals surface area contributed by atoms with Gasteiger partial charge in [0.05, 0.1) is 32.5 Å². The zero-order valence-corrected chi connectivity index (χ0v) is 5.29. The van der Waals surface area contributed by atoms with Crippen molar-refractivity contribution in [3.8, 4) is 0 Å². The summed E-state index contributed by atoms with van der Waals surface area (Å²) in [7, 11) is 0. The van der Waals surface area contributed by atoms with Gasteiger partial charge >= 0.3 is 0 Å². The lowest BCUT2D eigenvalue weighted by molar-refractivity contribution is 0.0713. The molecule has 4 N–H and O–H groups in total. The van der Waals surface area contributed by atoms with Gasteiger partial charge in [-0.2, -0.15) is 0 Å². The predicted octanol–water partition coefficient (Wildman–Crippen LogP) is -1.69. The third kappa shape index (κ3) is 5.72. The molecule has 0 aromatic carbocycles. The van der Waals surface area contributed by atoms with Crippen LogP contribution in [0.5, 0.6) is 0 Å². The van der Waals surface area contributed by atoms with E-state index in [1.54, 1.807) is 0 Å². The van der Waals surface area contributed by atoms with E-state index in [4.69, 9.17) is 20.7 Å². The van der Waals surface area contributed by atoms with Crippen molar-refractivity contribution in [3.63, 3.8) is 0 Å². The first kappa shape index (κ1) is 8.84. The highest BCUT2D eigenvalue weighted by molar-refractivity contribution is 4.54. The minimum atomic E-state index is -0.323. The summed E-state index contributed by atoms with van der Waals surface area (Å²) in [5.74, 6) is 0. The van der Waals surface area contributed by atoms with E-state index < -0.39 is 0 Å². The van der Waals surface area contributed by atoms with E-state index >= 15 is 0 Å². The standard InChI is InChI=1S/C5H13NO3/c6-5(3-8)4-9-2-1-7/h5,7-8H,1-4,6H2/t5-/m0/s1. The van der Waals surface area contributed by atoms with Crippen LogP contribution in [0.1, 0.15) is 0 Å². The SMILES string of the molecule is N[C@@H](CO)COCCO. The van der Waals surface area contributed by atoms with Crippen molar-refractivity contribution in [1.82, 2.24) is 0 Å². The lowest BCUT2D eigenvalue weighted by Gasteiger charge is -2.06. The van der Waals surface area contributed by atoms with Crippen molar-refractivity contribution < 1.29 is 14.9 Å². The summed E-state index contributed by atoms with van der Waals surface area (Å²) in [4.78, 5) is 0. The molecule has 0 aromatic heterocycles. The van der Waals surface area contributed by atoms with Crippen LogP contribution in [0.25, 0.3) is 0 Å². The molecule has 56 valence electrons. The van der Waals surface area contributed by atoms with Crippen molar-refractivity contribution in [1.29, 1.82) is 0 Å². The molecule has 0 rings (SSSR count). The lowest BCUT2D eigenvalue weighted by Crippen LogP contribution is -2.30. The number of aliphatic hydroxyl groups excluding tert-OH is 2. The number of nitrogens with two attached hydrogens (primary N) is 1. The van der Waals surface area contributed by atoms with E-state index in [1.807, 2.05) is 0 Å². The first-order valence-electron chi connectivity index (χ1n) is 2.86. The van der Waals surface area contributed by atoms with Crippen LogP contribution < -0.4 is 5.73 Å². The third-order valence-corrected chi connectivity index (χ3v) is 0.802. The second-order valence-corrected chi connectivity index (χ2v) is 1.74. The van der Waals surface area contributed by atoms with Crippen LogP contribution in [0, 0.1) is 0 Å². The van der Waals surface area contributed by atoms with Gasteiger partial charge in [-0.05, 0) is 0 Å². The Balaban J connectivity index is 2.88. The Kier molecular flexibility index (Phi) is 5.86. The summed E-state index contributed by atoms with van der Waals surface area (Å²) in [5.41, 5.74) is 5.26. The maximum Gasteiger partial charge on any atom is 0.0698 e. The second-order valence-electron chi connectivity index (χ2n) is 1.74. The topological polar surface area (TPSA) is 75.7 Å². The molecule has 0 saturated carbocycles. The first-order chi connectivity index (χ1) is 4.31. The summed E-state index contributed by atoms with van der Waals surface area (Å²) >= 11 is 0. The van der Waals surface area contributed by atoms with E-state index in [9.17, 15) is 0 Å². The molecule has 0 radical (unpaired) electrons. The van der Waals surface area contributed by atoms with Crippen LogP contribution in [0.4, 0.5) is 0 Å². The zero-order chi connectivity index (χ0) is 7.11. The molecule has 0 aromatic rings. The Morgan fingerprint density at radius 3 is 2.56 bits per heavy atom. The summed E-state index contributed by atoms with van der Waals surface area (Å²) < 4.78 is 4.80. The van der Waals surface area contributed by atoms with Crippen LogP contribution in [0.15, 0.2) is 0 Å². The van der Waals surface area contributed by atoms with Gasteiger partial charge in [0.15, 0.2) is 0 Å². The molecule has 4 heteroatoms. The molecular formula is C5H13NO3. The Hall–Kier alpha value is -0.160. The normalized spacial score (nSPS) is 13.7. The largest absolute Gasteiger partial charge is 0.395 e. The molecule has 0 amide bonds.